The summed E-state index contributed by atoms with van der Waals surface area (Å²) in [6.07, 6.45) is 4.91. The zero-order chi connectivity index (χ0) is 16.2. The van der Waals surface area contributed by atoms with E-state index in [4.69, 9.17) is 9.47 Å². The maximum atomic E-state index is 11.8. The Bertz CT molecular complexity index is 537. The molecule has 128 valence electrons. The normalized spacial score (nSPS) is 21.9. The number of nitrogens with zero attached hydrogens (tertiary/aromatic N) is 3. The van der Waals surface area contributed by atoms with E-state index >= 15 is 0 Å². The van der Waals surface area contributed by atoms with Gasteiger partial charge in [-0.1, -0.05) is 0 Å². The number of carbonyl (C=O) groups excluding carboxylic acids is 1. The van der Waals surface area contributed by atoms with Crippen molar-refractivity contribution < 1.29 is 14.3 Å². The molecule has 23 heavy (non-hydrogen) atoms. The van der Waals surface area contributed by atoms with E-state index in [1.165, 1.54) is 5.56 Å². The Hall–Kier alpha value is -1.44. The van der Waals surface area contributed by atoms with Crippen LogP contribution in [-0.4, -0.2) is 67.1 Å². The van der Waals surface area contributed by atoms with E-state index in [0.717, 1.165) is 44.7 Å². The molecule has 7 nitrogen and oxygen atoms in total. The summed E-state index contributed by atoms with van der Waals surface area (Å²) in [6.45, 7) is 3.41. The van der Waals surface area contributed by atoms with Crippen LogP contribution in [-0.2, 0) is 27.2 Å². The first-order valence-corrected chi connectivity index (χ1v) is 8.32. The predicted molar refractivity (Wildman–Crippen MR) is 85.2 cm³/mol. The zero-order valence-electron chi connectivity index (χ0n) is 14.0. The fraction of sp³-hybridized carbons (Fsp3) is 0.750. The second-order valence-corrected chi connectivity index (χ2v) is 6.43. The molecule has 3 heterocycles. The lowest BCUT2D eigenvalue weighted by atomic mass is 10.0. The SMILES string of the molecule is CN(C)C(=O)Cn1cc2c(n1)C(CNC1CCOCC1)OCC2. The molecule has 0 saturated carbocycles. The van der Waals surface area contributed by atoms with Crippen molar-refractivity contribution in [3.05, 3.63) is 17.5 Å². The molecule has 1 fully saturated rings. The van der Waals surface area contributed by atoms with Crippen LogP contribution >= 0.6 is 0 Å². The largest absolute Gasteiger partial charge is 0.381 e. The van der Waals surface area contributed by atoms with Crippen LogP contribution < -0.4 is 5.32 Å². The number of carbonyl (C=O) groups is 1. The molecule has 1 aromatic rings. The summed E-state index contributed by atoms with van der Waals surface area (Å²) >= 11 is 0. The molecule has 1 saturated heterocycles. The molecular weight excluding hydrogens is 296 g/mol. The number of likely N-dealkylation sites (N-methyl/N-ethyl adjacent to an activating group) is 1. The third-order valence-corrected chi connectivity index (χ3v) is 4.47. The highest BCUT2D eigenvalue weighted by molar-refractivity contribution is 5.75. The Morgan fingerprint density at radius 1 is 1.39 bits per heavy atom. The van der Waals surface area contributed by atoms with Crippen LogP contribution in [0.4, 0.5) is 0 Å². The lowest BCUT2D eigenvalue weighted by Crippen LogP contribution is -2.38. The Labute approximate surface area is 136 Å². The van der Waals surface area contributed by atoms with Crippen molar-refractivity contribution in [2.75, 3.05) is 40.5 Å². The number of aromatic nitrogens is 2. The molecule has 0 aromatic carbocycles. The van der Waals surface area contributed by atoms with Crippen LogP contribution in [0.1, 0.15) is 30.2 Å². The van der Waals surface area contributed by atoms with E-state index in [0.29, 0.717) is 12.6 Å². The van der Waals surface area contributed by atoms with Crippen LogP contribution in [0.5, 0.6) is 0 Å². The topological polar surface area (TPSA) is 68.6 Å². The first-order valence-electron chi connectivity index (χ1n) is 8.32. The van der Waals surface area contributed by atoms with Gasteiger partial charge in [-0.25, -0.2) is 0 Å². The van der Waals surface area contributed by atoms with E-state index in [9.17, 15) is 4.79 Å². The van der Waals surface area contributed by atoms with E-state index in [1.807, 2.05) is 6.20 Å². The smallest absolute Gasteiger partial charge is 0.243 e. The van der Waals surface area contributed by atoms with Crippen molar-refractivity contribution in [2.24, 2.45) is 0 Å². The molecule has 0 radical (unpaired) electrons. The maximum Gasteiger partial charge on any atom is 0.243 e. The first-order chi connectivity index (χ1) is 11.1. The molecule has 0 bridgehead atoms. The van der Waals surface area contributed by atoms with Crippen LogP contribution in [0.3, 0.4) is 0 Å². The average molecular weight is 322 g/mol. The average Bonchev–Trinajstić information content (AvgIpc) is 2.96. The second kappa shape index (κ2) is 7.42. The maximum absolute atomic E-state index is 11.8. The van der Waals surface area contributed by atoms with Crippen LogP contribution in [0.2, 0.25) is 0 Å². The fourth-order valence-electron chi connectivity index (χ4n) is 3.02. The number of rotatable bonds is 5. The van der Waals surface area contributed by atoms with Gasteiger partial charge in [0, 0.05) is 46.1 Å². The standard InChI is InChI=1S/C16H26N4O3/c1-19(2)15(21)11-20-10-12-3-8-23-14(16(12)18-20)9-17-13-4-6-22-7-5-13/h10,13-14,17H,3-9,11H2,1-2H3. The van der Waals surface area contributed by atoms with Gasteiger partial charge in [0.2, 0.25) is 5.91 Å². The Morgan fingerprint density at radius 2 is 2.17 bits per heavy atom. The molecule has 1 unspecified atom stereocenters. The Morgan fingerprint density at radius 3 is 2.91 bits per heavy atom. The number of fused-ring (bicyclic) bond motifs is 1. The van der Waals surface area contributed by atoms with Crippen molar-refractivity contribution in [1.29, 1.82) is 0 Å². The predicted octanol–water partition coefficient (Wildman–Crippen LogP) is 0.354. The third-order valence-electron chi connectivity index (χ3n) is 4.47. The van der Waals surface area contributed by atoms with Gasteiger partial charge in [-0.2, -0.15) is 5.10 Å². The molecule has 1 aromatic heterocycles. The van der Waals surface area contributed by atoms with Crippen LogP contribution in [0.25, 0.3) is 0 Å². The quantitative estimate of drug-likeness (QED) is 0.847. The summed E-state index contributed by atoms with van der Waals surface area (Å²) < 4.78 is 13.0. The monoisotopic (exact) mass is 322 g/mol. The summed E-state index contributed by atoms with van der Waals surface area (Å²) in [6, 6.07) is 0.495. The molecule has 2 aliphatic heterocycles. The lowest BCUT2D eigenvalue weighted by Gasteiger charge is -2.27. The molecule has 0 spiro atoms. The highest BCUT2D eigenvalue weighted by atomic mass is 16.5. The van der Waals surface area contributed by atoms with Crippen molar-refractivity contribution in [1.82, 2.24) is 20.0 Å². The third kappa shape index (κ3) is 4.10. The molecule has 1 amide bonds. The van der Waals surface area contributed by atoms with E-state index in [1.54, 1.807) is 23.7 Å². The minimum atomic E-state index is -0.0303. The summed E-state index contributed by atoms with van der Waals surface area (Å²) in [5, 5.41) is 8.17. The number of nitrogens with one attached hydrogen (secondary N) is 1. The highest BCUT2D eigenvalue weighted by Gasteiger charge is 2.26. The first kappa shape index (κ1) is 16.4. The number of hydrogen-bond acceptors (Lipinski definition) is 5. The van der Waals surface area contributed by atoms with E-state index in [2.05, 4.69) is 10.4 Å². The molecule has 0 aliphatic carbocycles. The lowest BCUT2D eigenvalue weighted by molar-refractivity contribution is -0.129. The van der Waals surface area contributed by atoms with Crippen molar-refractivity contribution >= 4 is 5.91 Å². The van der Waals surface area contributed by atoms with Gasteiger partial charge in [0.25, 0.3) is 0 Å². The summed E-state index contributed by atoms with van der Waals surface area (Å²) in [5.41, 5.74) is 2.17. The Balaban J connectivity index is 1.61. The van der Waals surface area contributed by atoms with Gasteiger partial charge in [-0.15, -0.1) is 0 Å². The van der Waals surface area contributed by atoms with Gasteiger partial charge in [0.05, 0.1) is 12.3 Å². The molecule has 2 aliphatic rings. The summed E-state index contributed by atoms with van der Waals surface area (Å²) in [4.78, 5) is 13.4. The number of hydrogen-bond donors (Lipinski definition) is 1. The zero-order valence-corrected chi connectivity index (χ0v) is 14.0. The molecule has 7 heteroatoms. The Kier molecular flexibility index (Phi) is 5.30. The van der Waals surface area contributed by atoms with Gasteiger partial charge in [-0.3, -0.25) is 9.48 Å². The van der Waals surface area contributed by atoms with Crippen LogP contribution in [0.15, 0.2) is 6.20 Å². The van der Waals surface area contributed by atoms with E-state index < -0.39 is 0 Å². The van der Waals surface area contributed by atoms with Gasteiger partial charge >= 0.3 is 0 Å². The molecule has 1 atom stereocenters. The van der Waals surface area contributed by atoms with E-state index in [-0.39, 0.29) is 18.6 Å². The van der Waals surface area contributed by atoms with Gasteiger partial charge < -0.3 is 19.7 Å². The van der Waals surface area contributed by atoms with Crippen LogP contribution in [0, 0.1) is 0 Å². The van der Waals surface area contributed by atoms with Gasteiger partial charge in [0.15, 0.2) is 0 Å². The van der Waals surface area contributed by atoms with Crippen molar-refractivity contribution in [3.8, 4) is 0 Å². The minimum Gasteiger partial charge on any atom is -0.381 e. The molecule has 1 N–H and O–H groups in total. The number of ether oxygens (including phenoxy) is 2. The fourth-order valence-corrected chi connectivity index (χ4v) is 3.02. The van der Waals surface area contributed by atoms with Crippen molar-refractivity contribution in [3.63, 3.8) is 0 Å². The molecular formula is C16H26N4O3. The van der Waals surface area contributed by atoms with Crippen molar-refractivity contribution in [2.45, 2.75) is 38.0 Å². The van der Waals surface area contributed by atoms with Gasteiger partial charge in [-0.05, 0) is 24.8 Å². The highest BCUT2D eigenvalue weighted by Crippen LogP contribution is 2.25. The van der Waals surface area contributed by atoms with Gasteiger partial charge in [0.1, 0.15) is 12.6 Å². The summed E-state index contributed by atoms with van der Waals surface area (Å²) in [5.74, 6) is 0.0441. The minimum absolute atomic E-state index is 0.0303. The molecule has 3 rings (SSSR count). The second-order valence-electron chi connectivity index (χ2n) is 6.43. The summed E-state index contributed by atoms with van der Waals surface area (Å²) in [7, 11) is 3.52. The number of amides is 1.